The number of carbonyl (C=O) groups is 1. The average molecular weight is 597 g/mol. The van der Waals surface area contributed by atoms with Crippen LogP contribution in [0.2, 0.25) is 0 Å². The van der Waals surface area contributed by atoms with Gasteiger partial charge in [-0.3, -0.25) is 14.9 Å². The molecule has 43 heavy (non-hydrogen) atoms. The molecule has 0 aliphatic carbocycles. The Labute approximate surface area is 247 Å². The minimum absolute atomic E-state index is 0.0108. The predicted octanol–water partition coefficient (Wildman–Crippen LogP) is 6.37. The molecule has 0 unspecified atom stereocenters. The molecule has 6 aromatic rings. The molecule has 0 fully saturated rings. The monoisotopic (exact) mass is 596 g/mol. The standard InChI is InChI=1S/C32H29FN6O3S/c1-3-5-31(40)36-24-13-22(17-34-18-24)20-8-9-29-27(14-20)32(39-38-29)30-15-26-25(6-4-7-28(26)37-30)21-10-19(11-23(33)12-21)16-35-43(2,41)42/h4,6-15,17-18,35,37H,3,5,16H2,1-2H3,(H,36,40)(H,38,39). The summed E-state index contributed by atoms with van der Waals surface area (Å²) < 4.78 is 40.2. The van der Waals surface area contributed by atoms with Gasteiger partial charge in [-0.25, -0.2) is 17.5 Å². The third-order valence-electron chi connectivity index (χ3n) is 7.12. The van der Waals surface area contributed by atoms with Crippen molar-refractivity contribution in [2.75, 3.05) is 11.6 Å². The molecule has 0 aliphatic rings. The number of amides is 1. The Kier molecular flexibility index (Phi) is 7.51. The predicted molar refractivity (Wildman–Crippen MR) is 167 cm³/mol. The first-order chi connectivity index (χ1) is 20.7. The summed E-state index contributed by atoms with van der Waals surface area (Å²) in [4.78, 5) is 19.9. The second-order valence-electron chi connectivity index (χ2n) is 10.5. The minimum Gasteiger partial charge on any atom is -0.353 e. The Morgan fingerprint density at radius 3 is 2.60 bits per heavy atom. The number of hydrogen-bond acceptors (Lipinski definition) is 5. The van der Waals surface area contributed by atoms with Crippen LogP contribution in [0.25, 0.3) is 55.4 Å². The summed E-state index contributed by atoms with van der Waals surface area (Å²) in [6.07, 6.45) is 5.66. The fraction of sp³-hybridized carbons (Fsp3) is 0.156. The zero-order chi connectivity index (χ0) is 30.1. The first kappa shape index (κ1) is 28.3. The lowest BCUT2D eigenvalue weighted by Gasteiger charge is -2.08. The van der Waals surface area contributed by atoms with Crippen LogP contribution in [0.5, 0.6) is 0 Å². The topological polar surface area (TPSA) is 133 Å². The van der Waals surface area contributed by atoms with Crippen LogP contribution in [-0.4, -0.2) is 40.7 Å². The lowest BCUT2D eigenvalue weighted by Crippen LogP contribution is -2.21. The number of anilines is 1. The van der Waals surface area contributed by atoms with E-state index in [-0.39, 0.29) is 12.5 Å². The maximum Gasteiger partial charge on any atom is 0.224 e. The van der Waals surface area contributed by atoms with Gasteiger partial charge in [0, 0.05) is 41.0 Å². The molecule has 0 aliphatic heterocycles. The van der Waals surface area contributed by atoms with Crippen LogP contribution in [0.3, 0.4) is 0 Å². The number of nitrogens with zero attached hydrogens (tertiary/aromatic N) is 2. The van der Waals surface area contributed by atoms with Gasteiger partial charge < -0.3 is 10.3 Å². The molecule has 1 amide bonds. The minimum atomic E-state index is -3.42. The molecule has 9 nitrogen and oxygen atoms in total. The van der Waals surface area contributed by atoms with Crippen LogP contribution in [-0.2, 0) is 21.4 Å². The summed E-state index contributed by atoms with van der Waals surface area (Å²) in [5.41, 5.74) is 7.56. The Hall–Kier alpha value is -4.87. The van der Waals surface area contributed by atoms with Crippen molar-refractivity contribution in [1.82, 2.24) is 24.9 Å². The number of aromatic nitrogens is 4. The Balaban J connectivity index is 1.37. The summed E-state index contributed by atoms with van der Waals surface area (Å²) in [5.74, 6) is -0.503. The van der Waals surface area contributed by atoms with E-state index in [1.165, 1.54) is 12.1 Å². The maximum absolute atomic E-state index is 14.6. The van der Waals surface area contributed by atoms with E-state index in [9.17, 15) is 17.6 Å². The molecule has 0 atom stereocenters. The van der Waals surface area contributed by atoms with Crippen LogP contribution < -0.4 is 10.0 Å². The van der Waals surface area contributed by atoms with E-state index in [2.05, 4.69) is 30.2 Å². The number of sulfonamides is 1. The zero-order valence-corrected chi connectivity index (χ0v) is 24.3. The molecular weight excluding hydrogens is 567 g/mol. The van der Waals surface area contributed by atoms with Gasteiger partial charge in [-0.1, -0.05) is 25.1 Å². The van der Waals surface area contributed by atoms with E-state index in [0.717, 1.165) is 62.6 Å². The molecule has 3 aromatic heterocycles. The molecular formula is C32H29FN6O3S. The van der Waals surface area contributed by atoms with Crippen LogP contribution >= 0.6 is 0 Å². The smallest absolute Gasteiger partial charge is 0.224 e. The molecule has 0 saturated carbocycles. The van der Waals surface area contributed by atoms with Crippen molar-refractivity contribution in [2.45, 2.75) is 26.3 Å². The molecule has 0 bridgehead atoms. The van der Waals surface area contributed by atoms with E-state index in [1.807, 2.05) is 55.5 Å². The number of pyridine rings is 1. The number of halogens is 1. The largest absolute Gasteiger partial charge is 0.353 e. The Morgan fingerprint density at radius 1 is 0.930 bits per heavy atom. The molecule has 218 valence electrons. The van der Waals surface area contributed by atoms with Gasteiger partial charge >= 0.3 is 0 Å². The average Bonchev–Trinajstić information content (AvgIpc) is 3.59. The first-order valence-electron chi connectivity index (χ1n) is 13.8. The Morgan fingerprint density at radius 2 is 1.79 bits per heavy atom. The quantitative estimate of drug-likeness (QED) is 0.154. The number of rotatable bonds is 9. The Bertz CT molecular complexity index is 2100. The normalized spacial score (nSPS) is 11.8. The van der Waals surface area contributed by atoms with Crippen molar-refractivity contribution >= 4 is 43.4 Å². The van der Waals surface area contributed by atoms with Crippen molar-refractivity contribution in [3.8, 4) is 33.6 Å². The number of aromatic amines is 2. The highest BCUT2D eigenvalue weighted by Crippen LogP contribution is 2.36. The molecule has 4 N–H and O–H groups in total. The van der Waals surface area contributed by atoms with Gasteiger partial charge in [-0.2, -0.15) is 5.10 Å². The fourth-order valence-electron chi connectivity index (χ4n) is 5.17. The van der Waals surface area contributed by atoms with Gasteiger partial charge in [0.15, 0.2) is 0 Å². The number of carbonyl (C=O) groups excluding carboxylic acids is 1. The number of nitrogens with one attached hydrogen (secondary N) is 4. The van der Waals surface area contributed by atoms with Gasteiger partial charge in [0.1, 0.15) is 11.5 Å². The molecule has 0 radical (unpaired) electrons. The number of H-pyrrole nitrogens is 2. The van der Waals surface area contributed by atoms with Crippen LogP contribution in [0.1, 0.15) is 25.3 Å². The second-order valence-corrected chi connectivity index (χ2v) is 12.3. The van der Waals surface area contributed by atoms with Crippen molar-refractivity contribution in [1.29, 1.82) is 0 Å². The lowest BCUT2D eigenvalue weighted by molar-refractivity contribution is -0.116. The van der Waals surface area contributed by atoms with Crippen LogP contribution in [0.15, 0.2) is 79.1 Å². The lowest BCUT2D eigenvalue weighted by atomic mass is 9.99. The summed E-state index contributed by atoms with van der Waals surface area (Å²) in [6.45, 7) is 1.95. The highest BCUT2D eigenvalue weighted by atomic mass is 32.2. The third kappa shape index (κ3) is 6.18. The van der Waals surface area contributed by atoms with E-state index in [0.29, 0.717) is 23.2 Å². The van der Waals surface area contributed by atoms with Gasteiger partial charge in [-0.05, 0) is 77.2 Å². The van der Waals surface area contributed by atoms with E-state index in [4.69, 9.17) is 0 Å². The number of hydrogen-bond donors (Lipinski definition) is 4. The van der Waals surface area contributed by atoms with Crippen molar-refractivity contribution < 1.29 is 17.6 Å². The van der Waals surface area contributed by atoms with E-state index >= 15 is 0 Å². The highest BCUT2D eigenvalue weighted by molar-refractivity contribution is 7.88. The summed E-state index contributed by atoms with van der Waals surface area (Å²) >= 11 is 0. The summed E-state index contributed by atoms with van der Waals surface area (Å²) in [7, 11) is -3.42. The van der Waals surface area contributed by atoms with Crippen molar-refractivity contribution in [3.05, 3.63) is 90.5 Å². The molecule has 0 spiro atoms. The van der Waals surface area contributed by atoms with Crippen molar-refractivity contribution in [3.63, 3.8) is 0 Å². The van der Waals surface area contributed by atoms with Gasteiger partial charge in [0.25, 0.3) is 0 Å². The van der Waals surface area contributed by atoms with Gasteiger partial charge in [0.05, 0.1) is 29.4 Å². The molecule has 3 heterocycles. The molecule has 11 heteroatoms. The van der Waals surface area contributed by atoms with Crippen LogP contribution in [0, 0.1) is 5.82 Å². The SMILES string of the molecule is CCCC(=O)Nc1cncc(-c2ccc3[nH]nc(-c4cc5c(-c6cc(F)cc(CNS(C)(=O)=O)c6)cccc5[nH]4)c3c2)c1. The van der Waals surface area contributed by atoms with E-state index in [1.54, 1.807) is 18.5 Å². The summed E-state index contributed by atoms with van der Waals surface area (Å²) in [5, 5.41) is 12.4. The highest BCUT2D eigenvalue weighted by Gasteiger charge is 2.16. The van der Waals surface area contributed by atoms with Crippen molar-refractivity contribution in [2.24, 2.45) is 0 Å². The zero-order valence-electron chi connectivity index (χ0n) is 23.5. The van der Waals surface area contributed by atoms with Crippen LogP contribution in [0.4, 0.5) is 10.1 Å². The summed E-state index contributed by atoms with van der Waals surface area (Å²) in [6, 6.07) is 20.1. The van der Waals surface area contributed by atoms with E-state index < -0.39 is 15.8 Å². The fourth-order valence-corrected chi connectivity index (χ4v) is 5.60. The van der Waals surface area contributed by atoms with Gasteiger partial charge in [0.2, 0.25) is 15.9 Å². The maximum atomic E-state index is 14.6. The number of fused-ring (bicyclic) bond motifs is 2. The third-order valence-corrected chi connectivity index (χ3v) is 7.79. The second kappa shape index (κ2) is 11.4. The molecule has 3 aromatic carbocycles. The van der Waals surface area contributed by atoms with Gasteiger partial charge in [-0.15, -0.1) is 0 Å². The first-order valence-corrected chi connectivity index (χ1v) is 15.7. The number of benzene rings is 3. The molecule has 0 saturated heterocycles. The molecule has 6 rings (SSSR count).